The van der Waals surface area contributed by atoms with Gasteiger partial charge in [-0.05, 0) is 30.8 Å². The van der Waals surface area contributed by atoms with E-state index in [4.69, 9.17) is 0 Å². The summed E-state index contributed by atoms with van der Waals surface area (Å²) in [6.07, 6.45) is 5.49. The largest absolute Gasteiger partial charge is 0.303 e. The van der Waals surface area contributed by atoms with Crippen LogP contribution in [0.5, 0.6) is 0 Å². The first-order valence-corrected chi connectivity index (χ1v) is 4.92. The summed E-state index contributed by atoms with van der Waals surface area (Å²) < 4.78 is 0. The van der Waals surface area contributed by atoms with Crippen molar-refractivity contribution in [1.82, 2.24) is 0 Å². The van der Waals surface area contributed by atoms with Gasteiger partial charge >= 0.3 is 0 Å². The van der Waals surface area contributed by atoms with Gasteiger partial charge in [0.2, 0.25) is 0 Å². The number of rotatable bonds is 2. The van der Waals surface area contributed by atoms with Crippen LogP contribution in [0.25, 0.3) is 0 Å². The lowest BCUT2D eigenvalue weighted by Gasteiger charge is -2.10. The molecule has 0 bridgehead atoms. The van der Waals surface area contributed by atoms with Crippen molar-refractivity contribution in [2.45, 2.75) is 26.2 Å². The van der Waals surface area contributed by atoms with Gasteiger partial charge in [-0.25, -0.2) is 0 Å². The molecule has 3 unspecified atom stereocenters. The van der Waals surface area contributed by atoms with Gasteiger partial charge in [0.1, 0.15) is 6.29 Å². The SMILES string of the molecule is CC1C(C=O)C1C1=CC(=O)CCC1. The minimum Gasteiger partial charge on any atom is -0.303 e. The van der Waals surface area contributed by atoms with Crippen LogP contribution in [0.15, 0.2) is 11.6 Å². The number of carbonyl (C=O) groups is 2. The van der Waals surface area contributed by atoms with Crippen LogP contribution in [0.2, 0.25) is 0 Å². The summed E-state index contributed by atoms with van der Waals surface area (Å²) >= 11 is 0. The van der Waals surface area contributed by atoms with E-state index in [1.165, 1.54) is 5.57 Å². The second-order valence-electron chi connectivity index (χ2n) is 4.14. The molecule has 0 spiro atoms. The molecule has 2 nitrogen and oxygen atoms in total. The number of aldehydes is 1. The molecule has 2 aliphatic rings. The molecule has 0 aromatic heterocycles. The Morgan fingerprint density at radius 1 is 1.46 bits per heavy atom. The first kappa shape index (κ1) is 8.67. The Kier molecular flexibility index (Phi) is 2.06. The third-order valence-electron chi connectivity index (χ3n) is 3.27. The molecule has 0 aromatic carbocycles. The van der Waals surface area contributed by atoms with E-state index in [2.05, 4.69) is 6.92 Å². The maximum Gasteiger partial charge on any atom is 0.155 e. The average molecular weight is 178 g/mol. The summed E-state index contributed by atoms with van der Waals surface area (Å²) in [6.45, 7) is 2.09. The summed E-state index contributed by atoms with van der Waals surface area (Å²) in [4.78, 5) is 21.7. The van der Waals surface area contributed by atoms with Crippen molar-refractivity contribution in [3.05, 3.63) is 11.6 Å². The van der Waals surface area contributed by atoms with E-state index < -0.39 is 0 Å². The summed E-state index contributed by atoms with van der Waals surface area (Å²) in [6, 6.07) is 0. The number of ketones is 1. The predicted octanol–water partition coefficient (Wildman–Crippen LogP) is 1.75. The molecule has 0 radical (unpaired) electrons. The first-order chi connectivity index (χ1) is 6.24. The van der Waals surface area contributed by atoms with Gasteiger partial charge < -0.3 is 4.79 Å². The molecule has 0 aromatic rings. The number of hydrogen-bond acceptors (Lipinski definition) is 2. The maximum absolute atomic E-state index is 11.1. The topological polar surface area (TPSA) is 34.1 Å². The number of hydrogen-bond donors (Lipinski definition) is 0. The van der Waals surface area contributed by atoms with E-state index in [1.807, 2.05) is 0 Å². The number of carbonyl (C=O) groups excluding carboxylic acids is 2. The van der Waals surface area contributed by atoms with Crippen molar-refractivity contribution < 1.29 is 9.59 Å². The Bertz CT molecular complexity index is 278. The van der Waals surface area contributed by atoms with Crippen LogP contribution in [-0.4, -0.2) is 12.1 Å². The summed E-state index contributed by atoms with van der Waals surface area (Å²) in [5.41, 5.74) is 1.22. The molecule has 0 saturated heterocycles. The van der Waals surface area contributed by atoms with Gasteiger partial charge in [0, 0.05) is 12.3 Å². The van der Waals surface area contributed by atoms with Crippen LogP contribution in [-0.2, 0) is 9.59 Å². The normalized spacial score (nSPS) is 38.4. The van der Waals surface area contributed by atoms with Crippen molar-refractivity contribution in [3.63, 3.8) is 0 Å². The van der Waals surface area contributed by atoms with Crippen LogP contribution >= 0.6 is 0 Å². The van der Waals surface area contributed by atoms with Crippen molar-refractivity contribution in [1.29, 1.82) is 0 Å². The Balaban J connectivity index is 2.10. The Morgan fingerprint density at radius 2 is 2.23 bits per heavy atom. The lowest BCUT2D eigenvalue weighted by molar-refractivity contribution is -0.115. The van der Waals surface area contributed by atoms with Gasteiger partial charge in [0.15, 0.2) is 5.78 Å². The highest BCUT2D eigenvalue weighted by molar-refractivity contribution is 5.91. The van der Waals surface area contributed by atoms with E-state index >= 15 is 0 Å². The molecule has 1 saturated carbocycles. The second-order valence-corrected chi connectivity index (χ2v) is 4.14. The van der Waals surface area contributed by atoms with Crippen LogP contribution in [0.1, 0.15) is 26.2 Å². The van der Waals surface area contributed by atoms with Crippen molar-refractivity contribution in [2.75, 3.05) is 0 Å². The Hall–Kier alpha value is -0.920. The molecule has 0 N–H and O–H groups in total. The monoisotopic (exact) mass is 178 g/mol. The molecule has 3 atom stereocenters. The smallest absolute Gasteiger partial charge is 0.155 e. The minimum atomic E-state index is 0.192. The highest BCUT2D eigenvalue weighted by Crippen LogP contribution is 2.51. The van der Waals surface area contributed by atoms with E-state index in [0.717, 1.165) is 19.1 Å². The van der Waals surface area contributed by atoms with E-state index in [9.17, 15) is 9.59 Å². The first-order valence-electron chi connectivity index (χ1n) is 4.92. The molecule has 0 heterocycles. The minimum absolute atomic E-state index is 0.192. The molecule has 0 aliphatic heterocycles. The molecule has 2 heteroatoms. The molecule has 2 rings (SSSR count). The van der Waals surface area contributed by atoms with E-state index in [1.54, 1.807) is 6.08 Å². The fourth-order valence-electron chi connectivity index (χ4n) is 2.37. The lowest BCUT2D eigenvalue weighted by Crippen LogP contribution is -2.05. The van der Waals surface area contributed by atoms with Crippen molar-refractivity contribution in [2.24, 2.45) is 17.8 Å². The molecule has 13 heavy (non-hydrogen) atoms. The standard InChI is InChI=1S/C11H14O2/c1-7-10(6-12)11(7)8-3-2-4-9(13)5-8/h5-7,10-11H,2-4H2,1H3. The molecule has 1 fully saturated rings. The average Bonchev–Trinajstić information content (AvgIpc) is 2.76. The fourth-order valence-corrected chi connectivity index (χ4v) is 2.37. The van der Waals surface area contributed by atoms with Crippen LogP contribution in [0, 0.1) is 17.8 Å². The summed E-state index contributed by atoms with van der Waals surface area (Å²) in [7, 11) is 0. The van der Waals surface area contributed by atoms with E-state index in [-0.39, 0.29) is 11.7 Å². The molecule has 0 amide bonds. The van der Waals surface area contributed by atoms with Gasteiger partial charge in [-0.1, -0.05) is 12.5 Å². The summed E-state index contributed by atoms with van der Waals surface area (Å²) in [5, 5.41) is 0. The van der Waals surface area contributed by atoms with Gasteiger partial charge in [-0.2, -0.15) is 0 Å². The van der Waals surface area contributed by atoms with E-state index in [0.29, 0.717) is 18.3 Å². The van der Waals surface area contributed by atoms with Gasteiger partial charge in [0.05, 0.1) is 0 Å². The van der Waals surface area contributed by atoms with Crippen LogP contribution in [0.3, 0.4) is 0 Å². The van der Waals surface area contributed by atoms with Gasteiger partial charge in [0.25, 0.3) is 0 Å². The third-order valence-corrected chi connectivity index (χ3v) is 3.27. The predicted molar refractivity (Wildman–Crippen MR) is 49.1 cm³/mol. The zero-order valence-electron chi connectivity index (χ0n) is 7.82. The maximum atomic E-state index is 11.1. The zero-order chi connectivity index (χ0) is 9.42. The van der Waals surface area contributed by atoms with Crippen LogP contribution < -0.4 is 0 Å². The fraction of sp³-hybridized carbons (Fsp3) is 0.636. The van der Waals surface area contributed by atoms with Crippen molar-refractivity contribution >= 4 is 12.1 Å². The number of allylic oxidation sites excluding steroid dienone is 2. The van der Waals surface area contributed by atoms with Gasteiger partial charge in [-0.3, -0.25) is 4.79 Å². The second kappa shape index (κ2) is 3.09. The molecular weight excluding hydrogens is 164 g/mol. The third kappa shape index (κ3) is 1.45. The molecule has 70 valence electrons. The quantitative estimate of drug-likeness (QED) is 0.604. The molecule has 2 aliphatic carbocycles. The highest BCUT2D eigenvalue weighted by atomic mass is 16.1. The van der Waals surface area contributed by atoms with Crippen LogP contribution in [0.4, 0.5) is 0 Å². The highest BCUT2D eigenvalue weighted by Gasteiger charge is 2.48. The Morgan fingerprint density at radius 3 is 2.77 bits per heavy atom. The Labute approximate surface area is 78.0 Å². The molecular formula is C11H14O2. The summed E-state index contributed by atoms with van der Waals surface area (Å²) in [5.74, 6) is 1.29. The lowest BCUT2D eigenvalue weighted by atomic mass is 9.94. The van der Waals surface area contributed by atoms with Gasteiger partial charge in [-0.15, -0.1) is 0 Å². The zero-order valence-corrected chi connectivity index (χ0v) is 7.82. The van der Waals surface area contributed by atoms with Crippen molar-refractivity contribution in [3.8, 4) is 0 Å².